The lowest BCUT2D eigenvalue weighted by Gasteiger charge is -2.01. The first-order valence-corrected chi connectivity index (χ1v) is 10.1. The summed E-state index contributed by atoms with van der Waals surface area (Å²) >= 11 is 0. The zero-order valence-electron chi connectivity index (χ0n) is 15.9. The number of phenols is 2. The van der Waals surface area contributed by atoms with Gasteiger partial charge < -0.3 is 10.2 Å². The summed E-state index contributed by atoms with van der Waals surface area (Å²) in [5.74, 6) is -0.135. The van der Waals surface area contributed by atoms with E-state index in [0.717, 1.165) is 6.42 Å². The minimum absolute atomic E-state index is 0.0579. The Morgan fingerprint density at radius 3 is 2.00 bits per heavy atom. The number of hydrogen-bond donors (Lipinski definition) is 2. The van der Waals surface area contributed by atoms with Crippen LogP contribution in [0.3, 0.4) is 0 Å². The lowest BCUT2D eigenvalue weighted by molar-refractivity contribution is 0.403. The van der Waals surface area contributed by atoms with E-state index in [4.69, 9.17) is 0 Å². The number of unbranched alkanes of at least 4 members (excludes halogenated alkanes) is 11. The minimum atomic E-state index is -0.0768. The third kappa shape index (κ3) is 10.7. The van der Waals surface area contributed by atoms with E-state index < -0.39 is 0 Å². The molecule has 2 N–H and O–H groups in total. The van der Waals surface area contributed by atoms with Crippen molar-refractivity contribution in [1.82, 2.24) is 0 Å². The van der Waals surface area contributed by atoms with Gasteiger partial charge in [0.25, 0.3) is 0 Å². The van der Waals surface area contributed by atoms with Crippen LogP contribution in [0.4, 0.5) is 0 Å². The van der Waals surface area contributed by atoms with E-state index in [1.807, 2.05) is 18.2 Å². The second-order valence-corrected chi connectivity index (χ2v) is 6.83. The van der Waals surface area contributed by atoms with Crippen molar-refractivity contribution in [1.29, 1.82) is 0 Å². The van der Waals surface area contributed by atoms with Crippen molar-refractivity contribution in [3.05, 3.63) is 42.0 Å². The number of phenolic OH excluding ortho intramolecular Hbond substituents is 2. The Morgan fingerprint density at radius 2 is 1.36 bits per heavy atom. The molecule has 0 unspecified atom stereocenters. The summed E-state index contributed by atoms with van der Waals surface area (Å²) in [7, 11) is 0. The van der Waals surface area contributed by atoms with Crippen molar-refractivity contribution in [3.8, 4) is 11.5 Å². The average Bonchev–Trinajstić information content (AvgIpc) is 2.61. The molecular weight excluding hydrogens is 308 g/mol. The molecule has 0 saturated carbocycles. The molecule has 0 fully saturated rings. The van der Waals surface area contributed by atoms with Crippen LogP contribution in [-0.2, 0) is 0 Å². The predicted octanol–water partition coefficient (Wildman–Crippen LogP) is 7.37. The van der Waals surface area contributed by atoms with Gasteiger partial charge in [-0.05, 0) is 18.9 Å². The number of benzene rings is 1. The zero-order valence-corrected chi connectivity index (χ0v) is 15.9. The van der Waals surface area contributed by atoms with Gasteiger partial charge in [0.1, 0.15) is 0 Å². The summed E-state index contributed by atoms with van der Waals surface area (Å²) in [4.78, 5) is 0. The summed E-state index contributed by atoms with van der Waals surface area (Å²) in [5.41, 5.74) is 0.638. The van der Waals surface area contributed by atoms with Gasteiger partial charge in [-0.25, -0.2) is 0 Å². The molecule has 0 aliphatic rings. The third-order valence-electron chi connectivity index (χ3n) is 4.54. The highest BCUT2D eigenvalue weighted by Gasteiger charge is 2.00. The number of rotatable bonds is 14. The topological polar surface area (TPSA) is 40.5 Å². The third-order valence-corrected chi connectivity index (χ3v) is 4.54. The average molecular weight is 345 g/mol. The number of para-hydroxylation sites is 1. The molecular formula is C23H36O2. The molecule has 1 aromatic carbocycles. The molecule has 25 heavy (non-hydrogen) atoms. The van der Waals surface area contributed by atoms with Crippen LogP contribution in [0.5, 0.6) is 11.5 Å². The summed E-state index contributed by atoms with van der Waals surface area (Å²) < 4.78 is 0. The lowest BCUT2D eigenvalue weighted by atomic mass is 10.1. The van der Waals surface area contributed by atoms with Gasteiger partial charge in [-0.15, -0.1) is 0 Å². The quantitative estimate of drug-likeness (QED) is 0.210. The zero-order chi connectivity index (χ0) is 18.2. The number of aromatic hydroxyl groups is 2. The van der Waals surface area contributed by atoms with Gasteiger partial charge in [0, 0.05) is 5.56 Å². The Hall–Kier alpha value is -1.70. The van der Waals surface area contributed by atoms with E-state index >= 15 is 0 Å². The molecule has 0 saturated heterocycles. The highest BCUT2D eigenvalue weighted by molar-refractivity contribution is 5.62. The monoisotopic (exact) mass is 344 g/mol. The molecule has 0 bridgehead atoms. The fraction of sp³-hybridized carbons (Fsp3) is 0.565. The molecule has 0 amide bonds. The molecule has 0 atom stereocenters. The van der Waals surface area contributed by atoms with Gasteiger partial charge in [-0.2, -0.15) is 0 Å². The fourth-order valence-corrected chi connectivity index (χ4v) is 2.94. The van der Waals surface area contributed by atoms with E-state index in [2.05, 4.69) is 13.0 Å². The second-order valence-electron chi connectivity index (χ2n) is 6.83. The van der Waals surface area contributed by atoms with E-state index in [9.17, 15) is 10.2 Å². The number of hydrogen-bond acceptors (Lipinski definition) is 2. The fourth-order valence-electron chi connectivity index (χ4n) is 2.94. The van der Waals surface area contributed by atoms with Crippen LogP contribution in [0.2, 0.25) is 0 Å². The Morgan fingerprint density at radius 1 is 0.760 bits per heavy atom. The van der Waals surface area contributed by atoms with Crippen molar-refractivity contribution >= 4 is 6.08 Å². The van der Waals surface area contributed by atoms with Crippen molar-refractivity contribution in [2.75, 3.05) is 0 Å². The summed E-state index contributed by atoms with van der Waals surface area (Å²) in [6.07, 6.45) is 24.1. The van der Waals surface area contributed by atoms with Crippen molar-refractivity contribution in [3.63, 3.8) is 0 Å². The first kappa shape index (κ1) is 21.3. The molecule has 1 aromatic rings. The van der Waals surface area contributed by atoms with E-state index in [-0.39, 0.29) is 11.5 Å². The Bertz CT molecular complexity index is 503. The smallest absolute Gasteiger partial charge is 0.164 e. The van der Waals surface area contributed by atoms with Gasteiger partial charge in [0.2, 0.25) is 0 Å². The molecule has 0 radical (unpaired) electrons. The first-order valence-electron chi connectivity index (χ1n) is 10.1. The maximum atomic E-state index is 9.69. The van der Waals surface area contributed by atoms with Crippen LogP contribution in [0.25, 0.3) is 6.08 Å². The van der Waals surface area contributed by atoms with Crippen LogP contribution in [-0.4, -0.2) is 10.2 Å². The minimum Gasteiger partial charge on any atom is -0.504 e. The van der Waals surface area contributed by atoms with Crippen LogP contribution >= 0.6 is 0 Å². The summed E-state index contributed by atoms with van der Waals surface area (Å²) in [6, 6.07) is 4.99. The number of allylic oxidation sites excluding steroid dienone is 3. The Balaban J connectivity index is 1.96. The lowest BCUT2D eigenvalue weighted by Crippen LogP contribution is -1.81. The van der Waals surface area contributed by atoms with Crippen molar-refractivity contribution in [2.24, 2.45) is 0 Å². The molecule has 0 aliphatic carbocycles. The largest absolute Gasteiger partial charge is 0.504 e. The van der Waals surface area contributed by atoms with Gasteiger partial charge in [-0.3, -0.25) is 0 Å². The summed E-state index contributed by atoms with van der Waals surface area (Å²) in [6.45, 7) is 2.27. The molecule has 1 rings (SSSR count). The van der Waals surface area contributed by atoms with Gasteiger partial charge in [0.05, 0.1) is 0 Å². The Labute approximate surface area is 154 Å². The molecule has 2 heteroatoms. The SMILES string of the molecule is CCCCCCCCCCCCC/C=C/C=C/c1cccc(O)c1O. The highest BCUT2D eigenvalue weighted by Crippen LogP contribution is 2.28. The predicted molar refractivity (Wildman–Crippen MR) is 109 cm³/mol. The van der Waals surface area contributed by atoms with Gasteiger partial charge in [0.15, 0.2) is 11.5 Å². The molecule has 0 heterocycles. The maximum Gasteiger partial charge on any atom is 0.164 e. The molecule has 2 nitrogen and oxygen atoms in total. The van der Waals surface area contributed by atoms with E-state index in [0.29, 0.717) is 5.56 Å². The van der Waals surface area contributed by atoms with Gasteiger partial charge in [-0.1, -0.05) is 108 Å². The van der Waals surface area contributed by atoms with E-state index in [1.54, 1.807) is 12.1 Å². The van der Waals surface area contributed by atoms with Crippen LogP contribution in [0, 0.1) is 0 Å². The van der Waals surface area contributed by atoms with Gasteiger partial charge >= 0.3 is 0 Å². The van der Waals surface area contributed by atoms with Crippen LogP contribution in [0.15, 0.2) is 36.4 Å². The maximum absolute atomic E-state index is 9.69. The second kappa shape index (κ2) is 14.6. The Kier molecular flexibility index (Phi) is 12.5. The highest BCUT2D eigenvalue weighted by atomic mass is 16.3. The standard InChI is InChI=1S/C23H36O2/c1-2-3-4-5-6-7-8-9-10-11-12-13-14-15-16-18-21-19-17-20-22(24)23(21)25/h14-20,24-25H,2-13H2,1H3/b15-14+,18-16+. The first-order chi connectivity index (χ1) is 12.3. The van der Waals surface area contributed by atoms with E-state index in [1.165, 1.54) is 76.7 Å². The van der Waals surface area contributed by atoms with Crippen LogP contribution in [0.1, 0.15) is 89.5 Å². The van der Waals surface area contributed by atoms with Crippen molar-refractivity contribution in [2.45, 2.75) is 84.0 Å². The van der Waals surface area contributed by atoms with Crippen molar-refractivity contribution < 1.29 is 10.2 Å². The molecule has 140 valence electrons. The normalized spacial score (nSPS) is 11.7. The molecule has 0 aromatic heterocycles. The molecule has 0 aliphatic heterocycles. The van der Waals surface area contributed by atoms with Crippen LogP contribution < -0.4 is 0 Å². The summed E-state index contributed by atoms with van der Waals surface area (Å²) in [5, 5.41) is 19.1. The molecule has 0 spiro atoms.